The summed E-state index contributed by atoms with van der Waals surface area (Å²) in [7, 11) is 0. The lowest BCUT2D eigenvalue weighted by atomic mass is 10.1. The standard InChI is InChI=1S/C20H20FNO3/c1-14-5-3-4-6-17(14)9-12-19(23)25-15(2)20(24)22-13-16-7-10-18(21)11-8-16/h3-12,15H,13H2,1-2H3,(H,22,24)/b12-9+/t15-/m0/s1. The molecule has 0 aromatic heterocycles. The lowest BCUT2D eigenvalue weighted by molar-refractivity contribution is -0.150. The van der Waals surface area contributed by atoms with Crippen LogP contribution in [0.15, 0.2) is 54.6 Å². The molecular weight excluding hydrogens is 321 g/mol. The Hall–Kier alpha value is -2.95. The fourth-order valence-electron chi connectivity index (χ4n) is 2.13. The van der Waals surface area contributed by atoms with E-state index in [0.29, 0.717) is 0 Å². The normalized spacial score (nSPS) is 12.0. The molecule has 25 heavy (non-hydrogen) atoms. The predicted octanol–water partition coefficient (Wildman–Crippen LogP) is 3.40. The molecule has 5 heteroatoms. The van der Waals surface area contributed by atoms with Crippen LogP contribution in [0.5, 0.6) is 0 Å². The van der Waals surface area contributed by atoms with Crippen LogP contribution in [0.4, 0.5) is 4.39 Å². The van der Waals surface area contributed by atoms with Crippen LogP contribution in [0.1, 0.15) is 23.6 Å². The number of amides is 1. The van der Waals surface area contributed by atoms with Crippen LogP contribution in [-0.4, -0.2) is 18.0 Å². The van der Waals surface area contributed by atoms with E-state index in [1.807, 2.05) is 31.2 Å². The smallest absolute Gasteiger partial charge is 0.331 e. The van der Waals surface area contributed by atoms with Crippen LogP contribution in [0, 0.1) is 12.7 Å². The molecule has 2 aromatic carbocycles. The Morgan fingerprint density at radius 3 is 2.52 bits per heavy atom. The number of nitrogens with one attached hydrogen (secondary N) is 1. The number of benzene rings is 2. The molecule has 4 nitrogen and oxygen atoms in total. The zero-order chi connectivity index (χ0) is 18.2. The number of halogens is 1. The first-order valence-electron chi connectivity index (χ1n) is 7.92. The Bertz CT molecular complexity index is 769. The van der Waals surface area contributed by atoms with Gasteiger partial charge >= 0.3 is 5.97 Å². The largest absolute Gasteiger partial charge is 0.449 e. The fourth-order valence-corrected chi connectivity index (χ4v) is 2.13. The van der Waals surface area contributed by atoms with Crippen molar-refractivity contribution < 1.29 is 18.7 Å². The SMILES string of the molecule is Cc1ccccc1/C=C/C(=O)O[C@@H](C)C(=O)NCc1ccc(F)cc1. The lowest BCUT2D eigenvalue weighted by Gasteiger charge is -2.12. The Balaban J connectivity index is 1.82. The van der Waals surface area contributed by atoms with Crippen molar-refractivity contribution in [2.75, 3.05) is 0 Å². The van der Waals surface area contributed by atoms with E-state index in [1.54, 1.807) is 18.2 Å². The molecule has 0 fully saturated rings. The van der Waals surface area contributed by atoms with E-state index >= 15 is 0 Å². The van der Waals surface area contributed by atoms with Gasteiger partial charge in [-0.3, -0.25) is 4.79 Å². The summed E-state index contributed by atoms with van der Waals surface area (Å²) in [5, 5.41) is 2.64. The molecule has 0 saturated carbocycles. The lowest BCUT2D eigenvalue weighted by Crippen LogP contribution is -2.35. The first-order chi connectivity index (χ1) is 12.0. The zero-order valence-electron chi connectivity index (χ0n) is 14.2. The molecule has 0 heterocycles. The number of hydrogen-bond acceptors (Lipinski definition) is 3. The number of hydrogen-bond donors (Lipinski definition) is 1. The minimum Gasteiger partial charge on any atom is -0.449 e. The van der Waals surface area contributed by atoms with Crippen molar-refractivity contribution in [3.8, 4) is 0 Å². The average Bonchev–Trinajstić information content (AvgIpc) is 2.60. The summed E-state index contributed by atoms with van der Waals surface area (Å²) in [4.78, 5) is 23.8. The van der Waals surface area contributed by atoms with Crippen molar-refractivity contribution >= 4 is 18.0 Å². The molecule has 2 rings (SSSR count). The number of ether oxygens (including phenoxy) is 1. The quantitative estimate of drug-likeness (QED) is 0.647. The van der Waals surface area contributed by atoms with E-state index in [1.165, 1.54) is 25.1 Å². The third-order valence-corrected chi connectivity index (χ3v) is 3.63. The fraction of sp³-hybridized carbons (Fsp3) is 0.200. The van der Waals surface area contributed by atoms with E-state index in [4.69, 9.17) is 4.74 Å². The molecule has 130 valence electrons. The van der Waals surface area contributed by atoms with Crippen LogP contribution < -0.4 is 5.32 Å². The van der Waals surface area contributed by atoms with Gasteiger partial charge in [-0.2, -0.15) is 0 Å². The van der Waals surface area contributed by atoms with E-state index in [0.717, 1.165) is 16.7 Å². The Morgan fingerprint density at radius 1 is 1.16 bits per heavy atom. The molecule has 1 N–H and O–H groups in total. The van der Waals surface area contributed by atoms with Gasteiger partial charge in [0, 0.05) is 12.6 Å². The number of esters is 1. The van der Waals surface area contributed by atoms with Crippen LogP contribution >= 0.6 is 0 Å². The van der Waals surface area contributed by atoms with Crippen LogP contribution in [0.2, 0.25) is 0 Å². The summed E-state index contributed by atoms with van der Waals surface area (Å²) in [5.41, 5.74) is 2.71. The maximum absolute atomic E-state index is 12.8. The number of rotatable bonds is 6. The third-order valence-electron chi connectivity index (χ3n) is 3.63. The molecule has 2 aromatic rings. The molecule has 0 bridgehead atoms. The second-order valence-electron chi connectivity index (χ2n) is 5.61. The summed E-state index contributed by atoms with van der Waals surface area (Å²) < 4.78 is 17.9. The molecular formula is C20H20FNO3. The number of aryl methyl sites for hydroxylation is 1. The first-order valence-corrected chi connectivity index (χ1v) is 7.92. The van der Waals surface area contributed by atoms with Gasteiger partial charge in [-0.25, -0.2) is 9.18 Å². The van der Waals surface area contributed by atoms with Gasteiger partial charge in [0.1, 0.15) is 5.82 Å². The molecule has 0 spiro atoms. The molecule has 1 amide bonds. The van der Waals surface area contributed by atoms with Crippen LogP contribution in [0.3, 0.4) is 0 Å². The topological polar surface area (TPSA) is 55.4 Å². The van der Waals surface area contributed by atoms with Crippen molar-refractivity contribution in [3.63, 3.8) is 0 Å². The summed E-state index contributed by atoms with van der Waals surface area (Å²) in [6.07, 6.45) is 2.03. The molecule has 0 aliphatic heterocycles. The van der Waals surface area contributed by atoms with Crippen molar-refractivity contribution in [3.05, 3.63) is 77.1 Å². The molecule has 0 radical (unpaired) electrons. The van der Waals surface area contributed by atoms with E-state index in [9.17, 15) is 14.0 Å². The van der Waals surface area contributed by atoms with Gasteiger partial charge < -0.3 is 10.1 Å². The summed E-state index contributed by atoms with van der Waals surface area (Å²) >= 11 is 0. The van der Waals surface area contributed by atoms with Crippen molar-refractivity contribution in [1.29, 1.82) is 0 Å². The highest BCUT2D eigenvalue weighted by molar-refractivity contribution is 5.90. The first kappa shape index (κ1) is 18.4. The minimum atomic E-state index is -0.922. The summed E-state index contributed by atoms with van der Waals surface area (Å²) in [5.74, 6) is -1.34. The maximum Gasteiger partial charge on any atom is 0.331 e. The highest BCUT2D eigenvalue weighted by atomic mass is 19.1. The Morgan fingerprint density at radius 2 is 1.84 bits per heavy atom. The Kier molecular flexibility index (Phi) is 6.46. The van der Waals surface area contributed by atoms with Crippen LogP contribution in [0.25, 0.3) is 6.08 Å². The Labute approximate surface area is 146 Å². The van der Waals surface area contributed by atoms with Gasteiger partial charge in [0.2, 0.25) is 0 Å². The van der Waals surface area contributed by atoms with Gasteiger partial charge in [-0.1, -0.05) is 36.4 Å². The molecule has 0 unspecified atom stereocenters. The highest BCUT2D eigenvalue weighted by Crippen LogP contribution is 2.09. The zero-order valence-corrected chi connectivity index (χ0v) is 14.2. The molecule has 1 atom stereocenters. The van der Waals surface area contributed by atoms with Gasteiger partial charge in [-0.15, -0.1) is 0 Å². The summed E-state index contributed by atoms with van der Waals surface area (Å²) in [6, 6.07) is 13.4. The monoisotopic (exact) mass is 341 g/mol. The van der Waals surface area contributed by atoms with Crippen molar-refractivity contribution in [2.45, 2.75) is 26.5 Å². The van der Waals surface area contributed by atoms with Gasteiger partial charge in [-0.05, 0) is 48.7 Å². The molecule has 0 aliphatic rings. The van der Waals surface area contributed by atoms with E-state index in [2.05, 4.69) is 5.32 Å². The average molecular weight is 341 g/mol. The van der Waals surface area contributed by atoms with Crippen LogP contribution in [-0.2, 0) is 20.9 Å². The summed E-state index contributed by atoms with van der Waals surface area (Å²) in [6.45, 7) is 3.68. The van der Waals surface area contributed by atoms with Crippen molar-refractivity contribution in [2.24, 2.45) is 0 Å². The predicted molar refractivity (Wildman–Crippen MR) is 94.0 cm³/mol. The highest BCUT2D eigenvalue weighted by Gasteiger charge is 2.16. The minimum absolute atomic E-state index is 0.236. The van der Waals surface area contributed by atoms with E-state index < -0.39 is 18.0 Å². The maximum atomic E-state index is 12.8. The second kappa shape index (κ2) is 8.78. The van der Waals surface area contributed by atoms with Crippen molar-refractivity contribution in [1.82, 2.24) is 5.32 Å². The van der Waals surface area contributed by atoms with E-state index in [-0.39, 0.29) is 12.4 Å². The molecule has 0 aliphatic carbocycles. The number of carbonyl (C=O) groups excluding carboxylic acids is 2. The second-order valence-corrected chi connectivity index (χ2v) is 5.61. The molecule has 0 saturated heterocycles. The van der Waals surface area contributed by atoms with Gasteiger partial charge in [0.15, 0.2) is 6.10 Å². The number of carbonyl (C=O) groups is 2. The van der Waals surface area contributed by atoms with Gasteiger partial charge in [0.25, 0.3) is 5.91 Å². The third kappa shape index (κ3) is 5.88. The van der Waals surface area contributed by atoms with Gasteiger partial charge in [0.05, 0.1) is 0 Å².